The molecule has 0 spiro atoms. The van der Waals surface area contributed by atoms with Crippen LogP contribution in [0.3, 0.4) is 0 Å². The van der Waals surface area contributed by atoms with E-state index >= 15 is 0 Å². The number of sulfone groups is 1. The van der Waals surface area contributed by atoms with Gasteiger partial charge >= 0.3 is 0 Å². The van der Waals surface area contributed by atoms with Crippen LogP contribution < -0.4 is 4.90 Å². The molecule has 3 rings (SSSR count). The lowest BCUT2D eigenvalue weighted by atomic mass is 9.77. The normalized spacial score (nSPS) is 20.1. The van der Waals surface area contributed by atoms with Crippen molar-refractivity contribution in [3.63, 3.8) is 0 Å². The van der Waals surface area contributed by atoms with Gasteiger partial charge in [0.25, 0.3) is 0 Å². The lowest BCUT2D eigenvalue weighted by molar-refractivity contribution is 0.221. The fourth-order valence-corrected chi connectivity index (χ4v) is 5.18. The molecule has 1 aliphatic rings. The Labute approximate surface area is 155 Å². The predicted octanol–water partition coefficient (Wildman–Crippen LogP) is 4.27. The molecule has 0 aliphatic carbocycles. The first-order valence-corrected chi connectivity index (χ1v) is 11.0. The van der Waals surface area contributed by atoms with Crippen LogP contribution in [-0.2, 0) is 9.84 Å². The molecule has 0 N–H and O–H groups in total. The molecule has 0 amide bonds. The van der Waals surface area contributed by atoms with Gasteiger partial charge in [0.2, 0.25) is 0 Å². The van der Waals surface area contributed by atoms with Gasteiger partial charge in [-0.1, -0.05) is 31.5 Å². The van der Waals surface area contributed by atoms with Gasteiger partial charge in [-0.3, -0.25) is 0 Å². The Morgan fingerprint density at radius 2 is 2.00 bits per heavy atom. The van der Waals surface area contributed by atoms with Crippen LogP contribution in [0.15, 0.2) is 24.4 Å². The third-order valence-corrected chi connectivity index (χ3v) is 6.61. The molecule has 0 saturated carbocycles. The smallest absolute Gasteiger partial charge is 0.147 e. The molecule has 1 aromatic carbocycles. The van der Waals surface area contributed by atoms with Crippen LogP contribution in [0, 0.1) is 5.92 Å². The number of hydrogen-bond donors (Lipinski definition) is 0. The van der Waals surface area contributed by atoms with Crippen LogP contribution >= 0.6 is 11.6 Å². The van der Waals surface area contributed by atoms with E-state index in [2.05, 4.69) is 49.7 Å². The number of halogens is 1. The summed E-state index contributed by atoms with van der Waals surface area (Å²) in [6.07, 6.45) is 3.14. The molecule has 1 aliphatic heterocycles. The minimum Gasteiger partial charge on any atom is -0.365 e. The van der Waals surface area contributed by atoms with Crippen molar-refractivity contribution in [2.24, 2.45) is 5.92 Å². The molecule has 1 atom stereocenters. The summed E-state index contributed by atoms with van der Waals surface area (Å²) in [5.74, 6) is 0.739. The highest BCUT2D eigenvalue weighted by Crippen LogP contribution is 2.44. The summed E-state index contributed by atoms with van der Waals surface area (Å²) < 4.78 is 23.4. The van der Waals surface area contributed by atoms with Crippen LogP contribution in [0.5, 0.6) is 0 Å². The Kier molecular flexibility index (Phi) is 4.53. The summed E-state index contributed by atoms with van der Waals surface area (Å²) in [7, 11) is -2.98. The number of rotatable bonds is 4. The minimum absolute atomic E-state index is 0.127. The monoisotopic (exact) mass is 380 g/mol. The number of aromatic nitrogens is 1. The van der Waals surface area contributed by atoms with Gasteiger partial charge in [0.1, 0.15) is 15.0 Å². The quantitative estimate of drug-likeness (QED) is 0.743. The first-order chi connectivity index (χ1) is 11.5. The standard InChI is InChI=1S/C19H25ClN2O2S/c1-12(2)14-6-7-17(16-9-21-18(20)8-15(14)16)22-10-13(19(22,3)4)11-25(5,23)24/h6-9,12-13H,10-11H2,1-5H3. The molecule has 1 unspecified atom stereocenters. The molecule has 1 fully saturated rings. The SMILES string of the molecule is CC(C)c1ccc(N2CC(CS(C)(=O)=O)C2(C)C)c2cnc(Cl)cc12. The average Bonchev–Trinajstić information content (AvgIpc) is 2.49. The van der Waals surface area contributed by atoms with Crippen molar-refractivity contribution in [2.75, 3.05) is 23.5 Å². The van der Waals surface area contributed by atoms with Crippen LogP contribution in [0.2, 0.25) is 5.15 Å². The van der Waals surface area contributed by atoms with E-state index in [1.54, 1.807) is 0 Å². The number of anilines is 1. The van der Waals surface area contributed by atoms with E-state index in [0.29, 0.717) is 11.1 Å². The van der Waals surface area contributed by atoms with E-state index in [-0.39, 0.29) is 17.2 Å². The Balaban J connectivity index is 2.05. The van der Waals surface area contributed by atoms with E-state index in [4.69, 9.17) is 11.6 Å². The van der Waals surface area contributed by atoms with Gasteiger partial charge < -0.3 is 4.90 Å². The second-order valence-electron chi connectivity index (χ2n) is 7.93. The lowest BCUT2D eigenvalue weighted by Gasteiger charge is -2.57. The van der Waals surface area contributed by atoms with Gasteiger partial charge in [-0.15, -0.1) is 0 Å². The van der Waals surface area contributed by atoms with Gasteiger partial charge in [0.15, 0.2) is 0 Å². The Morgan fingerprint density at radius 1 is 1.32 bits per heavy atom. The maximum atomic E-state index is 11.7. The fourth-order valence-electron chi connectivity index (χ4n) is 3.78. The van der Waals surface area contributed by atoms with Crippen LogP contribution in [0.4, 0.5) is 5.69 Å². The first kappa shape index (κ1) is 18.5. The van der Waals surface area contributed by atoms with Gasteiger partial charge in [0, 0.05) is 41.5 Å². The molecular formula is C19H25ClN2O2S. The summed E-state index contributed by atoms with van der Waals surface area (Å²) in [6.45, 7) is 9.28. The van der Waals surface area contributed by atoms with E-state index in [1.165, 1.54) is 11.8 Å². The molecule has 1 aromatic heterocycles. The van der Waals surface area contributed by atoms with Gasteiger partial charge in [-0.05, 0) is 42.8 Å². The van der Waals surface area contributed by atoms with Crippen molar-refractivity contribution < 1.29 is 8.42 Å². The highest BCUT2D eigenvalue weighted by molar-refractivity contribution is 7.90. The van der Waals surface area contributed by atoms with Gasteiger partial charge in [0.05, 0.1) is 5.75 Å². The molecule has 25 heavy (non-hydrogen) atoms. The average molecular weight is 381 g/mol. The topological polar surface area (TPSA) is 50.3 Å². The molecule has 6 heteroatoms. The van der Waals surface area contributed by atoms with Crippen molar-refractivity contribution in [3.8, 4) is 0 Å². The Bertz CT molecular complexity index is 922. The van der Waals surface area contributed by atoms with Crippen molar-refractivity contribution in [1.82, 2.24) is 4.98 Å². The number of hydrogen-bond acceptors (Lipinski definition) is 4. The van der Waals surface area contributed by atoms with Crippen molar-refractivity contribution in [1.29, 1.82) is 0 Å². The molecule has 0 bridgehead atoms. The van der Waals surface area contributed by atoms with Crippen molar-refractivity contribution in [3.05, 3.63) is 35.1 Å². The highest BCUT2D eigenvalue weighted by atomic mass is 35.5. The lowest BCUT2D eigenvalue weighted by Crippen LogP contribution is -2.66. The second-order valence-corrected chi connectivity index (χ2v) is 10.5. The molecule has 136 valence electrons. The van der Waals surface area contributed by atoms with Gasteiger partial charge in [-0.2, -0.15) is 0 Å². The summed E-state index contributed by atoms with van der Waals surface area (Å²) in [5, 5.41) is 2.68. The largest absolute Gasteiger partial charge is 0.365 e. The number of nitrogens with zero attached hydrogens (tertiary/aromatic N) is 2. The van der Waals surface area contributed by atoms with Crippen molar-refractivity contribution >= 4 is 37.9 Å². The minimum atomic E-state index is -2.98. The third-order valence-electron chi connectivity index (χ3n) is 5.39. The Morgan fingerprint density at radius 3 is 2.56 bits per heavy atom. The molecule has 2 aromatic rings. The van der Waals surface area contributed by atoms with Crippen LogP contribution in [-0.4, -0.2) is 37.5 Å². The Hall–Kier alpha value is -1.33. The second kappa shape index (κ2) is 6.13. The van der Waals surface area contributed by atoms with E-state index < -0.39 is 9.84 Å². The summed E-state index contributed by atoms with van der Waals surface area (Å²) in [4.78, 5) is 6.56. The summed E-state index contributed by atoms with van der Waals surface area (Å²) in [5.41, 5.74) is 2.13. The van der Waals surface area contributed by atoms with E-state index in [9.17, 15) is 8.42 Å². The zero-order valence-corrected chi connectivity index (χ0v) is 16.9. The zero-order chi connectivity index (χ0) is 18.6. The third kappa shape index (κ3) is 3.36. The highest BCUT2D eigenvalue weighted by Gasteiger charge is 2.47. The fraction of sp³-hybridized carbons (Fsp3) is 0.526. The number of benzene rings is 1. The molecule has 0 radical (unpaired) electrons. The molecule has 2 heterocycles. The van der Waals surface area contributed by atoms with Crippen molar-refractivity contribution in [2.45, 2.75) is 39.2 Å². The van der Waals surface area contributed by atoms with Crippen LogP contribution in [0.25, 0.3) is 10.8 Å². The molecule has 1 saturated heterocycles. The predicted molar refractivity (Wildman–Crippen MR) is 105 cm³/mol. The maximum Gasteiger partial charge on any atom is 0.147 e. The van der Waals surface area contributed by atoms with Crippen LogP contribution in [0.1, 0.15) is 39.2 Å². The zero-order valence-electron chi connectivity index (χ0n) is 15.4. The first-order valence-electron chi connectivity index (χ1n) is 8.54. The maximum absolute atomic E-state index is 11.7. The van der Waals surface area contributed by atoms with E-state index in [0.717, 1.165) is 23.0 Å². The van der Waals surface area contributed by atoms with Gasteiger partial charge in [-0.25, -0.2) is 13.4 Å². The molecular weight excluding hydrogens is 356 g/mol. The number of fused-ring (bicyclic) bond motifs is 1. The number of pyridine rings is 1. The molecule has 4 nitrogen and oxygen atoms in total. The summed E-state index contributed by atoms with van der Waals surface area (Å²) in [6, 6.07) is 6.21. The summed E-state index contributed by atoms with van der Waals surface area (Å²) >= 11 is 6.14. The van der Waals surface area contributed by atoms with E-state index in [1.807, 2.05) is 12.3 Å².